The topological polar surface area (TPSA) is 76.9 Å². The van der Waals surface area contributed by atoms with Gasteiger partial charge in [0.25, 0.3) is 0 Å². The van der Waals surface area contributed by atoms with E-state index in [1.807, 2.05) is 0 Å². The zero-order chi connectivity index (χ0) is 11.3. The summed E-state index contributed by atoms with van der Waals surface area (Å²) in [7, 11) is 1.71. The largest absolute Gasteiger partial charge is 0.383 e. The number of aliphatic imine (C=N–C) groups is 1. The fourth-order valence-electron chi connectivity index (χ4n) is 1.98. The van der Waals surface area contributed by atoms with Crippen LogP contribution >= 0.6 is 0 Å². The Balaban J connectivity index is 2.46. The van der Waals surface area contributed by atoms with Crippen molar-refractivity contribution in [3.8, 4) is 0 Å². The number of hydrogen-bond acceptors (Lipinski definition) is 3. The summed E-state index contributed by atoms with van der Waals surface area (Å²) in [4.78, 5) is 6.47. The lowest BCUT2D eigenvalue weighted by atomic mass is 10.2. The molecule has 0 aromatic heterocycles. The highest BCUT2D eigenvalue weighted by atomic mass is 16.5. The molecule has 1 aliphatic heterocycles. The van der Waals surface area contributed by atoms with Crippen LogP contribution in [-0.2, 0) is 4.74 Å². The van der Waals surface area contributed by atoms with Crippen LogP contribution in [0.15, 0.2) is 4.99 Å². The minimum absolute atomic E-state index is 0.156. The number of nitrogens with zero attached hydrogens (tertiary/aromatic N) is 2. The maximum absolute atomic E-state index is 5.33. The second kappa shape index (κ2) is 5.92. The molecule has 1 unspecified atom stereocenters. The van der Waals surface area contributed by atoms with Crippen molar-refractivity contribution in [2.24, 2.45) is 22.4 Å². The highest BCUT2D eigenvalue weighted by molar-refractivity contribution is 5.75. The Morgan fingerprint density at radius 2 is 2.33 bits per heavy atom. The lowest BCUT2D eigenvalue weighted by Crippen LogP contribution is -2.40. The van der Waals surface area contributed by atoms with E-state index in [-0.39, 0.29) is 5.96 Å². The third-order valence-electron chi connectivity index (χ3n) is 2.82. The molecule has 88 valence electrons. The number of rotatable bonds is 5. The third-order valence-corrected chi connectivity index (χ3v) is 2.82. The van der Waals surface area contributed by atoms with Crippen LogP contribution in [0.25, 0.3) is 0 Å². The van der Waals surface area contributed by atoms with Gasteiger partial charge in [0.05, 0.1) is 19.2 Å². The molecule has 0 amide bonds. The first kappa shape index (κ1) is 12.3. The molecule has 0 radical (unpaired) electrons. The van der Waals surface area contributed by atoms with Gasteiger partial charge in [-0.05, 0) is 18.9 Å². The number of ether oxygens (including phenoxy) is 1. The van der Waals surface area contributed by atoms with Crippen LogP contribution in [-0.4, -0.2) is 50.3 Å². The molecule has 5 heteroatoms. The average Bonchev–Trinajstić information content (AvgIpc) is 2.59. The second-order valence-electron chi connectivity index (χ2n) is 4.26. The molecular formula is C10H22N4O. The van der Waals surface area contributed by atoms with Gasteiger partial charge in [-0.1, -0.05) is 6.92 Å². The van der Waals surface area contributed by atoms with Gasteiger partial charge in [-0.15, -0.1) is 0 Å². The lowest BCUT2D eigenvalue weighted by Gasteiger charge is -2.25. The van der Waals surface area contributed by atoms with Crippen molar-refractivity contribution in [3.05, 3.63) is 0 Å². The monoisotopic (exact) mass is 214 g/mol. The van der Waals surface area contributed by atoms with Gasteiger partial charge in [0.1, 0.15) is 0 Å². The Hall–Kier alpha value is -0.810. The first-order chi connectivity index (χ1) is 7.13. The summed E-state index contributed by atoms with van der Waals surface area (Å²) >= 11 is 0. The van der Waals surface area contributed by atoms with Crippen molar-refractivity contribution in [1.29, 1.82) is 0 Å². The molecule has 0 aromatic carbocycles. The Labute approximate surface area is 91.5 Å². The van der Waals surface area contributed by atoms with Crippen LogP contribution in [0.1, 0.15) is 13.3 Å². The van der Waals surface area contributed by atoms with Gasteiger partial charge in [0.15, 0.2) is 5.96 Å². The summed E-state index contributed by atoms with van der Waals surface area (Å²) in [6.45, 7) is 5.82. The zero-order valence-electron chi connectivity index (χ0n) is 9.65. The molecule has 0 bridgehead atoms. The molecule has 0 aliphatic carbocycles. The maximum Gasteiger partial charge on any atom is 0.185 e. The van der Waals surface area contributed by atoms with E-state index in [0.717, 1.165) is 19.0 Å². The van der Waals surface area contributed by atoms with E-state index in [4.69, 9.17) is 16.2 Å². The summed E-state index contributed by atoms with van der Waals surface area (Å²) in [6, 6.07) is 0.307. The molecule has 1 fully saturated rings. The van der Waals surface area contributed by atoms with Crippen molar-refractivity contribution in [2.75, 3.05) is 33.4 Å². The van der Waals surface area contributed by atoms with Gasteiger partial charge in [-0.2, -0.15) is 0 Å². The first-order valence-corrected chi connectivity index (χ1v) is 5.42. The molecule has 1 aliphatic rings. The van der Waals surface area contributed by atoms with E-state index in [1.54, 1.807) is 7.11 Å². The quantitative estimate of drug-likeness (QED) is 0.483. The Morgan fingerprint density at radius 3 is 2.80 bits per heavy atom. The van der Waals surface area contributed by atoms with Gasteiger partial charge >= 0.3 is 0 Å². The van der Waals surface area contributed by atoms with E-state index < -0.39 is 0 Å². The predicted molar refractivity (Wildman–Crippen MR) is 61.7 cm³/mol. The zero-order valence-corrected chi connectivity index (χ0v) is 9.65. The number of nitrogens with two attached hydrogens (primary N) is 2. The highest BCUT2D eigenvalue weighted by Crippen LogP contribution is 2.18. The van der Waals surface area contributed by atoms with Crippen LogP contribution in [0.2, 0.25) is 0 Å². The molecule has 1 heterocycles. The molecule has 1 rings (SSSR count). The van der Waals surface area contributed by atoms with E-state index in [2.05, 4.69) is 16.8 Å². The fourth-order valence-corrected chi connectivity index (χ4v) is 1.98. The SMILES string of the molecule is COCC(CN=C(N)N)N1CC[C@H](C)C1. The number of methoxy groups -OCH3 is 1. The first-order valence-electron chi connectivity index (χ1n) is 5.42. The minimum Gasteiger partial charge on any atom is -0.383 e. The molecule has 5 nitrogen and oxygen atoms in total. The number of hydrogen-bond donors (Lipinski definition) is 2. The summed E-state index contributed by atoms with van der Waals surface area (Å²) in [5.74, 6) is 0.923. The summed E-state index contributed by atoms with van der Waals surface area (Å²) in [5, 5.41) is 0. The predicted octanol–water partition coefficient (Wildman–Crippen LogP) is -0.383. The van der Waals surface area contributed by atoms with Crippen molar-refractivity contribution in [2.45, 2.75) is 19.4 Å². The average molecular weight is 214 g/mol. The molecule has 15 heavy (non-hydrogen) atoms. The minimum atomic E-state index is 0.156. The van der Waals surface area contributed by atoms with Crippen molar-refractivity contribution in [1.82, 2.24) is 4.90 Å². The van der Waals surface area contributed by atoms with Gasteiger partial charge in [-0.3, -0.25) is 9.89 Å². The highest BCUT2D eigenvalue weighted by Gasteiger charge is 2.25. The van der Waals surface area contributed by atoms with E-state index in [9.17, 15) is 0 Å². The number of guanidine groups is 1. The molecular weight excluding hydrogens is 192 g/mol. The van der Waals surface area contributed by atoms with E-state index in [1.165, 1.54) is 6.42 Å². The van der Waals surface area contributed by atoms with Crippen LogP contribution in [0.4, 0.5) is 0 Å². The molecule has 0 saturated carbocycles. The van der Waals surface area contributed by atoms with Crippen LogP contribution in [0, 0.1) is 5.92 Å². The smallest absolute Gasteiger partial charge is 0.185 e. The van der Waals surface area contributed by atoms with Gasteiger partial charge < -0.3 is 16.2 Å². The second-order valence-corrected chi connectivity index (χ2v) is 4.26. The van der Waals surface area contributed by atoms with Gasteiger partial charge in [0, 0.05) is 13.7 Å². The van der Waals surface area contributed by atoms with Crippen LogP contribution in [0.5, 0.6) is 0 Å². The van der Waals surface area contributed by atoms with Crippen molar-refractivity contribution >= 4 is 5.96 Å². The standard InChI is InChI=1S/C10H22N4O/c1-8-3-4-14(6-8)9(7-15-2)5-13-10(11)12/h8-9H,3-7H2,1-2H3,(H4,11,12,13)/t8-,9?/m0/s1. The summed E-state index contributed by atoms with van der Waals surface area (Å²) in [5.41, 5.74) is 10.7. The third kappa shape index (κ3) is 4.05. The van der Waals surface area contributed by atoms with Crippen LogP contribution < -0.4 is 11.5 Å². The van der Waals surface area contributed by atoms with Crippen LogP contribution in [0.3, 0.4) is 0 Å². The lowest BCUT2D eigenvalue weighted by molar-refractivity contribution is 0.108. The molecule has 2 atom stereocenters. The van der Waals surface area contributed by atoms with Crippen molar-refractivity contribution < 1.29 is 4.74 Å². The number of likely N-dealkylation sites (tertiary alicyclic amines) is 1. The van der Waals surface area contributed by atoms with Gasteiger partial charge in [-0.25, -0.2) is 0 Å². The summed E-state index contributed by atoms with van der Waals surface area (Å²) in [6.07, 6.45) is 1.25. The molecule has 0 spiro atoms. The van der Waals surface area contributed by atoms with Gasteiger partial charge in [0.2, 0.25) is 0 Å². The Kier molecular flexibility index (Phi) is 4.84. The summed E-state index contributed by atoms with van der Waals surface area (Å²) < 4.78 is 5.19. The molecule has 1 saturated heterocycles. The Bertz CT molecular complexity index is 215. The van der Waals surface area contributed by atoms with E-state index in [0.29, 0.717) is 19.2 Å². The Morgan fingerprint density at radius 1 is 1.60 bits per heavy atom. The van der Waals surface area contributed by atoms with E-state index >= 15 is 0 Å². The normalized spacial score (nSPS) is 24.0. The molecule has 4 N–H and O–H groups in total. The maximum atomic E-state index is 5.33. The molecule has 0 aromatic rings. The van der Waals surface area contributed by atoms with Crippen molar-refractivity contribution in [3.63, 3.8) is 0 Å². The fraction of sp³-hybridized carbons (Fsp3) is 0.900.